The largest absolute Gasteiger partial charge is 0.504 e. The maximum atomic E-state index is 9.94. The molecular formula is C14H13NO3. The van der Waals surface area contributed by atoms with E-state index < -0.39 is 5.75 Å². The smallest absolute Gasteiger partial charge is 0.200 e. The van der Waals surface area contributed by atoms with Gasteiger partial charge in [0.2, 0.25) is 5.75 Å². The first-order chi connectivity index (χ1) is 8.65. The monoisotopic (exact) mass is 243 g/mol. The van der Waals surface area contributed by atoms with Crippen molar-refractivity contribution in [1.29, 1.82) is 0 Å². The lowest BCUT2D eigenvalue weighted by atomic mass is 9.97. The predicted molar refractivity (Wildman–Crippen MR) is 67.6 cm³/mol. The number of fused-ring (bicyclic) bond motifs is 3. The van der Waals surface area contributed by atoms with Crippen LogP contribution in [0.3, 0.4) is 0 Å². The predicted octanol–water partition coefficient (Wildman–Crippen LogP) is 1.83. The maximum Gasteiger partial charge on any atom is 0.200 e. The van der Waals surface area contributed by atoms with Crippen LogP contribution in [0.15, 0.2) is 24.3 Å². The van der Waals surface area contributed by atoms with E-state index in [0.29, 0.717) is 17.5 Å². The quantitative estimate of drug-likeness (QED) is 0.491. The molecule has 18 heavy (non-hydrogen) atoms. The van der Waals surface area contributed by atoms with Crippen molar-refractivity contribution in [2.45, 2.75) is 13.0 Å². The zero-order valence-electron chi connectivity index (χ0n) is 9.64. The highest BCUT2D eigenvalue weighted by Gasteiger charge is 2.29. The maximum absolute atomic E-state index is 9.94. The molecule has 0 bridgehead atoms. The average molecular weight is 243 g/mol. The van der Waals surface area contributed by atoms with Gasteiger partial charge in [-0.2, -0.15) is 0 Å². The zero-order chi connectivity index (χ0) is 12.9. The molecule has 0 unspecified atom stereocenters. The topological polar surface area (TPSA) is 86.7 Å². The molecule has 0 aromatic heterocycles. The van der Waals surface area contributed by atoms with Crippen LogP contribution in [0.25, 0.3) is 11.1 Å². The summed E-state index contributed by atoms with van der Waals surface area (Å²) in [4.78, 5) is 0. The van der Waals surface area contributed by atoms with Crippen LogP contribution in [-0.2, 0) is 13.0 Å². The Balaban J connectivity index is 2.41. The molecule has 0 radical (unpaired) electrons. The summed E-state index contributed by atoms with van der Waals surface area (Å²) in [5.41, 5.74) is 9.52. The normalized spacial score (nSPS) is 12.3. The van der Waals surface area contributed by atoms with Crippen molar-refractivity contribution in [3.05, 3.63) is 41.0 Å². The Kier molecular flexibility index (Phi) is 2.21. The third-order valence-electron chi connectivity index (χ3n) is 3.48. The summed E-state index contributed by atoms with van der Waals surface area (Å²) >= 11 is 0. The number of hydrogen-bond acceptors (Lipinski definition) is 4. The Bertz CT molecular complexity index is 650. The van der Waals surface area contributed by atoms with Crippen LogP contribution >= 0.6 is 0 Å². The van der Waals surface area contributed by atoms with Crippen LogP contribution in [0.5, 0.6) is 17.2 Å². The lowest BCUT2D eigenvalue weighted by Gasteiger charge is -2.13. The molecule has 0 amide bonds. The Morgan fingerprint density at radius 2 is 1.72 bits per heavy atom. The van der Waals surface area contributed by atoms with E-state index in [2.05, 4.69) is 0 Å². The molecule has 0 atom stereocenters. The SMILES string of the molecule is NCc1c(O)c(O)c(O)c2c1-c1ccccc1C2. The highest BCUT2D eigenvalue weighted by Crippen LogP contribution is 2.51. The Labute approximate surface area is 104 Å². The second kappa shape index (κ2) is 3.65. The van der Waals surface area contributed by atoms with Crippen molar-refractivity contribution in [2.24, 2.45) is 5.73 Å². The Hall–Kier alpha value is -2.20. The summed E-state index contributed by atoms with van der Waals surface area (Å²) in [5.74, 6) is -1.07. The molecule has 0 heterocycles. The van der Waals surface area contributed by atoms with E-state index in [1.807, 2.05) is 24.3 Å². The van der Waals surface area contributed by atoms with Gasteiger partial charge in [-0.3, -0.25) is 0 Å². The molecule has 4 nitrogen and oxygen atoms in total. The highest BCUT2D eigenvalue weighted by molar-refractivity contribution is 5.85. The number of aromatic hydroxyl groups is 3. The Morgan fingerprint density at radius 1 is 1.00 bits per heavy atom. The molecule has 0 saturated heterocycles. The van der Waals surface area contributed by atoms with Gasteiger partial charge in [0, 0.05) is 24.1 Å². The van der Waals surface area contributed by atoms with Gasteiger partial charge in [0.15, 0.2) is 11.5 Å². The van der Waals surface area contributed by atoms with Gasteiger partial charge in [0.05, 0.1) is 0 Å². The number of hydrogen-bond donors (Lipinski definition) is 4. The highest BCUT2D eigenvalue weighted by atomic mass is 16.3. The summed E-state index contributed by atoms with van der Waals surface area (Å²) in [6, 6.07) is 7.71. The molecule has 0 aliphatic heterocycles. The van der Waals surface area contributed by atoms with Crippen LogP contribution < -0.4 is 5.73 Å². The van der Waals surface area contributed by atoms with Gasteiger partial charge in [-0.05, 0) is 16.7 Å². The molecule has 0 spiro atoms. The first kappa shape index (κ1) is 10.9. The third-order valence-corrected chi connectivity index (χ3v) is 3.48. The third kappa shape index (κ3) is 1.23. The lowest BCUT2D eigenvalue weighted by Crippen LogP contribution is -2.00. The first-order valence-corrected chi connectivity index (χ1v) is 5.72. The number of phenols is 3. The Morgan fingerprint density at radius 3 is 2.44 bits per heavy atom. The first-order valence-electron chi connectivity index (χ1n) is 5.72. The lowest BCUT2D eigenvalue weighted by molar-refractivity contribution is 0.363. The second-order valence-corrected chi connectivity index (χ2v) is 4.42. The van der Waals surface area contributed by atoms with Crippen LogP contribution in [0.2, 0.25) is 0 Å². The van der Waals surface area contributed by atoms with E-state index in [9.17, 15) is 15.3 Å². The summed E-state index contributed by atoms with van der Waals surface area (Å²) in [7, 11) is 0. The fraction of sp³-hybridized carbons (Fsp3) is 0.143. The zero-order valence-corrected chi connectivity index (χ0v) is 9.64. The number of benzene rings is 2. The van der Waals surface area contributed by atoms with Gasteiger partial charge in [0.25, 0.3) is 0 Å². The van der Waals surface area contributed by atoms with Crippen molar-refractivity contribution < 1.29 is 15.3 Å². The van der Waals surface area contributed by atoms with Crippen molar-refractivity contribution >= 4 is 0 Å². The molecule has 0 saturated carbocycles. The van der Waals surface area contributed by atoms with Gasteiger partial charge in [0.1, 0.15) is 0 Å². The second-order valence-electron chi connectivity index (χ2n) is 4.42. The molecular weight excluding hydrogens is 230 g/mol. The summed E-state index contributed by atoms with van der Waals surface area (Å²) in [6.07, 6.45) is 0.540. The summed E-state index contributed by atoms with van der Waals surface area (Å²) in [5, 5.41) is 29.5. The molecule has 0 fully saturated rings. The van der Waals surface area contributed by atoms with E-state index in [-0.39, 0.29) is 18.0 Å². The molecule has 4 heteroatoms. The minimum atomic E-state index is -0.484. The van der Waals surface area contributed by atoms with E-state index in [0.717, 1.165) is 16.7 Å². The molecule has 1 aliphatic carbocycles. The molecule has 2 aromatic carbocycles. The van der Waals surface area contributed by atoms with Crippen molar-refractivity contribution in [1.82, 2.24) is 0 Å². The van der Waals surface area contributed by atoms with E-state index in [1.165, 1.54) is 0 Å². The van der Waals surface area contributed by atoms with Crippen molar-refractivity contribution in [3.63, 3.8) is 0 Å². The van der Waals surface area contributed by atoms with E-state index in [4.69, 9.17) is 5.73 Å². The van der Waals surface area contributed by atoms with Crippen LogP contribution in [0, 0.1) is 0 Å². The van der Waals surface area contributed by atoms with Crippen molar-refractivity contribution in [3.8, 4) is 28.4 Å². The molecule has 3 rings (SSSR count). The van der Waals surface area contributed by atoms with Gasteiger partial charge >= 0.3 is 0 Å². The van der Waals surface area contributed by atoms with E-state index >= 15 is 0 Å². The van der Waals surface area contributed by atoms with Crippen LogP contribution in [0.1, 0.15) is 16.7 Å². The van der Waals surface area contributed by atoms with Crippen LogP contribution in [0.4, 0.5) is 0 Å². The van der Waals surface area contributed by atoms with Gasteiger partial charge in [-0.1, -0.05) is 24.3 Å². The number of phenolic OH excluding ortho intramolecular Hbond substituents is 3. The molecule has 2 aromatic rings. The summed E-state index contributed by atoms with van der Waals surface area (Å²) in [6.45, 7) is 0.107. The van der Waals surface area contributed by atoms with Crippen molar-refractivity contribution in [2.75, 3.05) is 0 Å². The number of rotatable bonds is 1. The number of nitrogens with two attached hydrogens (primary N) is 1. The summed E-state index contributed by atoms with van der Waals surface area (Å²) < 4.78 is 0. The minimum Gasteiger partial charge on any atom is -0.504 e. The van der Waals surface area contributed by atoms with Gasteiger partial charge < -0.3 is 21.1 Å². The van der Waals surface area contributed by atoms with Gasteiger partial charge in [-0.15, -0.1) is 0 Å². The van der Waals surface area contributed by atoms with Gasteiger partial charge in [-0.25, -0.2) is 0 Å². The fourth-order valence-electron chi connectivity index (χ4n) is 2.62. The van der Waals surface area contributed by atoms with Crippen LogP contribution in [-0.4, -0.2) is 15.3 Å². The minimum absolute atomic E-state index is 0.107. The van der Waals surface area contributed by atoms with E-state index in [1.54, 1.807) is 0 Å². The standard InChI is InChI=1S/C14H13NO3/c15-6-10-11-8-4-2-1-3-7(8)5-9(11)12(16)14(18)13(10)17/h1-4,16-18H,5-6,15H2. The molecule has 1 aliphatic rings. The molecule has 5 N–H and O–H groups in total. The molecule has 92 valence electrons. The fourth-order valence-corrected chi connectivity index (χ4v) is 2.62. The average Bonchev–Trinajstić information content (AvgIpc) is 2.77.